The van der Waals surface area contributed by atoms with Gasteiger partial charge < -0.3 is 5.11 Å². The van der Waals surface area contributed by atoms with E-state index in [2.05, 4.69) is 9.82 Å². The molecule has 0 saturated heterocycles. The molecule has 1 aliphatic carbocycles. The molecule has 24 heavy (non-hydrogen) atoms. The summed E-state index contributed by atoms with van der Waals surface area (Å²) >= 11 is 0. The van der Waals surface area contributed by atoms with E-state index in [1.54, 1.807) is 11.6 Å². The van der Waals surface area contributed by atoms with Gasteiger partial charge in [-0.3, -0.25) is 4.72 Å². The number of aryl methyl sites for hydroxylation is 1. The third-order valence-corrected chi connectivity index (χ3v) is 6.44. The number of nitrogens with zero attached hydrogens (tertiary/aromatic N) is 2. The van der Waals surface area contributed by atoms with E-state index < -0.39 is 21.4 Å². The molecule has 130 valence electrons. The molecule has 6 nitrogen and oxygen atoms in total. The van der Waals surface area contributed by atoms with Crippen LogP contribution in [0.15, 0.2) is 30.3 Å². The van der Waals surface area contributed by atoms with Gasteiger partial charge in [-0.05, 0) is 38.8 Å². The van der Waals surface area contributed by atoms with Crippen LogP contribution in [-0.4, -0.2) is 34.7 Å². The van der Waals surface area contributed by atoms with Gasteiger partial charge >= 0.3 is 0 Å². The van der Waals surface area contributed by atoms with E-state index in [4.69, 9.17) is 0 Å². The summed E-state index contributed by atoms with van der Waals surface area (Å²) in [5.74, 6) is 0. The van der Waals surface area contributed by atoms with Crippen molar-refractivity contribution < 1.29 is 13.5 Å². The number of hydrogen-bond acceptors (Lipinski definition) is 4. The number of nitrogens with one attached hydrogen (secondary N) is 1. The Kier molecular flexibility index (Phi) is 4.64. The van der Waals surface area contributed by atoms with Crippen molar-refractivity contribution >= 4 is 15.7 Å². The molecule has 2 aromatic rings. The van der Waals surface area contributed by atoms with Gasteiger partial charge in [0.1, 0.15) is 5.25 Å². The lowest BCUT2D eigenvalue weighted by Crippen LogP contribution is -2.40. The first kappa shape index (κ1) is 17.0. The SMILES string of the molecule is Cc1nn(-c2ccccc2)c(C)c1NS(=O)(=O)C1CCCCC1O. The Labute approximate surface area is 142 Å². The lowest BCUT2D eigenvalue weighted by molar-refractivity contribution is 0.133. The third kappa shape index (κ3) is 3.18. The summed E-state index contributed by atoms with van der Waals surface area (Å²) in [5.41, 5.74) is 2.72. The van der Waals surface area contributed by atoms with E-state index in [1.165, 1.54) is 0 Å². The number of rotatable bonds is 4. The number of benzene rings is 1. The predicted octanol–water partition coefficient (Wildman–Crippen LogP) is 2.53. The molecule has 0 radical (unpaired) electrons. The van der Waals surface area contributed by atoms with Crippen LogP contribution >= 0.6 is 0 Å². The summed E-state index contributed by atoms with van der Waals surface area (Å²) in [4.78, 5) is 0. The molecule has 0 spiro atoms. The molecular formula is C17H23N3O3S. The largest absolute Gasteiger partial charge is 0.392 e. The van der Waals surface area contributed by atoms with Gasteiger partial charge in [0.25, 0.3) is 0 Å². The Morgan fingerprint density at radius 2 is 1.83 bits per heavy atom. The number of sulfonamides is 1. The fourth-order valence-electron chi connectivity index (χ4n) is 3.27. The van der Waals surface area contributed by atoms with E-state index in [0.717, 1.165) is 24.2 Å². The third-order valence-electron chi connectivity index (χ3n) is 4.60. The summed E-state index contributed by atoms with van der Waals surface area (Å²) in [5, 5.41) is 13.8. The highest BCUT2D eigenvalue weighted by molar-refractivity contribution is 7.93. The maximum atomic E-state index is 12.7. The Morgan fingerprint density at radius 1 is 1.17 bits per heavy atom. The van der Waals surface area contributed by atoms with Crippen LogP contribution in [0.4, 0.5) is 5.69 Å². The Hall–Kier alpha value is -1.86. The first-order chi connectivity index (χ1) is 11.4. The monoisotopic (exact) mass is 349 g/mol. The van der Waals surface area contributed by atoms with Crippen LogP contribution in [-0.2, 0) is 10.0 Å². The number of aliphatic hydroxyl groups excluding tert-OH is 1. The zero-order valence-corrected chi connectivity index (χ0v) is 14.8. The average molecular weight is 349 g/mol. The molecule has 2 N–H and O–H groups in total. The molecule has 1 aliphatic rings. The van der Waals surface area contributed by atoms with Crippen molar-refractivity contribution in [1.82, 2.24) is 9.78 Å². The van der Waals surface area contributed by atoms with Gasteiger partial charge in [0.2, 0.25) is 10.0 Å². The standard InChI is InChI=1S/C17H23N3O3S/c1-12-17(13(2)20(18-12)14-8-4-3-5-9-14)19-24(22,23)16-11-7-6-10-15(16)21/h3-5,8-9,15-16,19,21H,6-7,10-11H2,1-2H3. The number of hydrogen-bond donors (Lipinski definition) is 2. The number of anilines is 1. The van der Waals surface area contributed by atoms with Crippen LogP contribution in [0.1, 0.15) is 37.1 Å². The summed E-state index contributed by atoms with van der Waals surface area (Å²) in [7, 11) is -3.65. The highest BCUT2D eigenvalue weighted by Gasteiger charge is 2.35. The number of aliphatic hydroxyl groups is 1. The quantitative estimate of drug-likeness (QED) is 0.888. The minimum absolute atomic E-state index is 0.488. The topological polar surface area (TPSA) is 84.2 Å². The summed E-state index contributed by atoms with van der Waals surface area (Å²) in [6.07, 6.45) is 1.91. The van der Waals surface area contributed by atoms with Crippen LogP contribution in [0.5, 0.6) is 0 Å². The highest BCUT2D eigenvalue weighted by atomic mass is 32.2. The lowest BCUT2D eigenvalue weighted by atomic mass is 9.97. The lowest BCUT2D eigenvalue weighted by Gasteiger charge is -2.27. The minimum atomic E-state index is -3.65. The molecule has 7 heteroatoms. The second-order valence-corrected chi connectivity index (χ2v) is 8.23. The maximum absolute atomic E-state index is 12.7. The van der Waals surface area contributed by atoms with E-state index in [1.807, 2.05) is 37.3 Å². The van der Waals surface area contributed by atoms with Crippen molar-refractivity contribution in [2.75, 3.05) is 4.72 Å². The average Bonchev–Trinajstić information content (AvgIpc) is 2.84. The maximum Gasteiger partial charge on any atom is 0.238 e. The molecular weight excluding hydrogens is 326 g/mol. The van der Waals surface area contributed by atoms with Crippen LogP contribution < -0.4 is 4.72 Å². The summed E-state index contributed by atoms with van der Waals surface area (Å²) in [6.45, 7) is 3.61. The molecule has 1 fully saturated rings. The Bertz CT molecular complexity index is 815. The molecule has 0 bridgehead atoms. The normalized spacial score (nSPS) is 21.6. The van der Waals surface area contributed by atoms with Crippen LogP contribution in [0.3, 0.4) is 0 Å². The molecule has 0 amide bonds. The molecule has 1 aromatic heterocycles. The van der Waals surface area contributed by atoms with Crippen molar-refractivity contribution in [3.05, 3.63) is 41.7 Å². The first-order valence-corrected chi connectivity index (χ1v) is 9.76. The Morgan fingerprint density at radius 3 is 2.50 bits per heavy atom. The van der Waals surface area contributed by atoms with Crippen LogP contribution in [0.25, 0.3) is 5.69 Å². The molecule has 2 unspecified atom stereocenters. The predicted molar refractivity (Wildman–Crippen MR) is 93.8 cm³/mol. The van der Waals surface area contributed by atoms with E-state index >= 15 is 0 Å². The van der Waals surface area contributed by atoms with Crippen LogP contribution in [0, 0.1) is 13.8 Å². The van der Waals surface area contributed by atoms with Crippen molar-refractivity contribution in [2.45, 2.75) is 50.9 Å². The van der Waals surface area contributed by atoms with Gasteiger partial charge in [-0.15, -0.1) is 0 Å². The fourth-order valence-corrected chi connectivity index (χ4v) is 5.03. The molecule has 0 aliphatic heterocycles. The number of aromatic nitrogens is 2. The second kappa shape index (κ2) is 6.57. The smallest absolute Gasteiger partial charge is 0.238 e. The van der Waals surface area contributed by atoms with Gasteiger partial charge in [0.15, 0.2) is 0 Å². The molecule has 1 aromatic carbocycles. The van der Waals surface area contributed by atoms with Crippen molar-refractivity contribution in [3.8, 4) is 5.69 Å². The zero-order chi connectivity index (χ0) is 17.3. The summed E-state index contributed by atoms with van der Waals surface area (Å²) < 4.78 is 29.8. The summed E-state index contributed by atoms with van der Waals surface area (Å²) in [6, 6.07) is 9.58. The highest BCUT2D eigenvalue weighted by Crippen LogP contribution is 2.29. The second-order valence-electron chi connectivity index (χ2n) is 6.33. The van der Waals surface area contributed by atoms with E-state index in [-0.39, 0.29) is 0 Å². The van der Waals surface area contributed by atoms with Gasteiger partial charge in [-0.1, -0.05) is 31.0 Å². The van der Waals surface area contributed by atoms with Gasteiger partial charge in [-0.25, -0.2) is 13.1 Å². The number of para-hydroxylation sites is 1. The molecule has 3 rings (SSSR count). The van der Waals surface area contributed by atoms with Crippen molar-refractivity contribution in [3.63, 3.8) is 0 Å². The molecule has 1 heterocycles. The Balaban J connectivity index is 1.92. The molecule has 2 atom stereocenters. The van der Waals surface area contributed by atoms with Gasteiger partial charge in [0.05, 0.1) is 28.9 Å². The van der Waals surface area contributed by atoms with E-state index in [9.17, 15) is 13.5 Å². The van der Waals surface area contributed by atoms with Crippen LogP contribution in [0.2, 0.25) is 0 Å². The first-order valence-electron chi connectivity index (χ1n) is 8.21. The fraction of sp³-hybridized carbons (Fsp3) is 0.471. The minimum Gasteiger partial charge on any atom is -0.392 e. The van der Waals surface area contributed by atoms with Crippen molar-refractivity contribution in [2.24, 2.45) is 0 Å². The van der Waals surface area contributed by atoms with Gasteiger partial charge in [0, 0.05) is 0 Å². The van der Waals surface area contributed by atoms with Crippen molar-refractivity contribution in [1.29, 1.82) is 0 Å². The van der Waals surface area contributed by atoms with Gasteiger partial charge in [-0.2, -0.15) is 5.10 Å². The van der Waals surface area contributed by atoms with E-state index in [0.29, 0.717) is 24.2 Å². The molecule has 1 saturated carbocycles. The zero-order valence-electron chi connectivity index (χ0n) is 13.9.